The SMILES string of the molecule is CCCNC1CCC(N(C)CC)CC1. The van der Waals surface area contributed by atoms with Crippen LogP contribution < -0.4 is 5.32 Å². The van der Waals surface area contributed by atoms with Crippen molar-refractivity contribution < 1.29 is 0 Å². The zero-order valence-electron chi connectivity index (χ0n) is 10.1. The molecule has 0 saturated heterocycles. The van der Waals surface area contributed by atoms with Crippen LogP contribution >= 0.6 is 0 Å². The highest BCUT2D eigenvalue weighted by Gasteiger charge is 2.22. The summed E-state index contributed by atoms with van der Waals surface area (Å²) in [4.78, 5) is 2.50. The highest BCUT2D eigenvalue weighted by Crippen LogP contribution is 2.22. The topological polar surface area (TPSA) is 15.3 Å². The third kappa shape index (κ3) is 3.58. The Morgan fingerprint density at radius 2 is 1.79 bits per heavy atom. The van der Waals surface area contributed by atoms with Crippen molar-refractivity contribution in [3.05, 3.63) is 0 Å². The minimum atomic E-state index is 0.802. The molecule has 0 unspecified atom stereocenters. The zero-order chi connectivity index (χ0) is 10.4. The Kier molecular flexibility index (Phi) is 5.49. The van der Waals surface area contributed by atoms with Crippen molar-refractivity contribution in [1.29, 1.82) is 0 Å². The van der Waals surface area contributed by atoms with Gasteiger partial charge in [-0.2, -0.15) is 0 Å². The van der Waals surface area contributed by atoms with E-state index in [0.29, 0.717) is 0 Å². The molecule has 1 aliphatic rings. The van der Waals surface area contributed by atoms with E-state index in [-0.39, 0.29) is 0 Å². The van der Waals surface area contributed by atoms with Crippen LogP contribution in [0.25, 0.3) is 0 Å². The molecule has 0 aromatic rings. The molecule has 0 aromatic heterocycles. The maximum absolute atomic E-state index is 3.63. The fourth-order valence-corrected chi connectivity index (χ4v) is 2.33. The number of hydrogen-bond donors (Lipinski definition) is 1. The molecule has 1 fully saturated rings. The molecule has 2 nitrogen and oxygen atoms in total. The van der Waals surface area contributed by atoms with E-state index in [9.17, 15) is 0 Å². The van der Waals surface area contributed by atoms with Crippen LogP contribution in [0.15, 0.2) is 0 Å². The first kappa shape index (κ1) is 12.0. The average Bonchev–Trinajstić information content (AvgIpc) is 2.26. The minimum absolute atomic E-state index is 0.802. The van der Waals surface area contributed by atoms with Gasteiger partial charge in [0.1, 0.15) is 0 Å². The molecule has 84 valence electrons. The summed E-state index contributed by atoms with van der Waals surface area (Å²) in [7, 11) is 2.25. The van der Waals surface area contributed by atoms with E-state index in [2.05, 4.69) is 31.1 Å². The van der Waals surface area contributed by atoms with Crippen molar-refractivity contribution >= 4 is 0 Å². The van der Waals surface area contributed by atoms with Gasteiger partial charge in [0, 0.05) is 12.1 Å². The fraction of sp³-hybridized carbons (Fsp3) is 1.00. The highest BCUT2D eigenvalue weighted by molar-refractivity contribution is 4.81. The van der Waals surface area contributed by atoms with Crippen LogP contribution in [0.3, 0.4) is 0 Å². The molecule has 14 heavy (non-hydrogen) atoms. The lowest BCUT2D eigenvalue weighted by Gasteiger charge is -2.34. The predicted octanol–water partition coefficient (Wildman–Crippen LogP) is 2.25. The third-order valence-electron chi connectivity index (χ3n) is 3.50. The molecule has 0 atom stereocenters. The summed E-state index contributed by atoms with van der Waals surface area (Å²) in [6.45, 7) is 6.88. The van der Waals surface area contributed by atoms with Crippen molar-refractivity contribution in [3.63, 3.8) is 0 Å². The number of hydrogen-bond acceptors (Lipinski definition) is 2. The molecule has 0 spiro atoms. The summed E-state index contributed by atoms with van der Waals surface area (Å²) in [5.74, 6) is 0. The summed E-state index contributed by atoms with van der Waals surface area (Å²) < 4.78 is 0. The smallest absolute Gasteiger partial charge is 0.00932 e. The van der Waals surface area contributed by atoms with Crippen molar-refractivity contribution in [1.82, 2.24) is 10.2 Å². The largest absolute Gasteiger partial charge is 0.314 e. The number of nitrogens with one attached hydrogen (secondary N) is 1. The Morgan fingerprint density at radius 3 is 2.29 bits per heavy atom. The second kappa shape index (κ2) is 6.41. The summed E-state index contributed by atoms with van der Waals surface area (Å²) in [6, 6.07) is 1.65. The van der Waals surface area contributed by atoms with Crippen molar-refractivity contribution in [2.75, 3.05) is 20.1 Å². The number of nitrogens with zero attached hydrogens (tertiary/aromatic N) is 1. The standard InChI is InChI=1S/C12H26N2/c1-4-10-13-11-6-8-12(9-7-11)14(3)5-2/h11-13H,4-10H2,1-3H3. The first-order valence-electron chi connectivity index (χ1n) is 6.21. The van der Waals surface area contributed by atoms with Crippen molar-refractivity contribution in [2.45, 2.75) is 58.0 Å². The molecular weight excluding hydrogens is 172 g/mol. The van der Waals surface area contributed by atoms with Crippen LogP contribution in [0, 0.1) is 0 Å². The maximum Gasteiger partial charge on any atom is 0.00932 e. The van der Waals surface area contributed by atoms with Crippen LogP contribution in [0.5, 0.6) is 0 Å². The van der Waals surface area contributed by atoms with Crippen LogP contribution in [-0.2, 0) is 0 Å². The molecule has 1 rings (SSSR count). The minimum Gasteiger partial charge on any atom is -0.314 e. The maximum atomic E-state index is 3.63. The van der Waals surface area contributed by atoms with Crippen molar-refractivity contribution in [2.24, 2.45) is 0 Å². The van der Waals surface area contributed by atoms with Gasteiger partial charge in [-0.1, -0.05) is 13.8 Å². The lowest BCUT2D eigenvalue weighted by molar-refractivity contribution is 0.181. The molecule has 0 amide bonds. The molecule has 0 bridgehead atoms. The second-order valence-electron chi connectivity index (χ2n) is 4.53. The fourth-order valence-electron chi connectivity index (χ4n) is 2.33. The predicted molar refractivity (Wildman–Crippen MR) is 62.6 cm³/mol. The highest BCUT2D eigenvalue weighted by atomic mass is 15.1. The molecule has 2 heteroatoms. The van der Waals surface area contributed by atoms with E-state index >= 15 is 0 Å². The van der Waals surface area contributed by atoms with Crippen LogP contribution in [0.2, 0.25) is 0 Å². The summed E-state index contributed by atoms with van der Waals surface area (Å²) >= 11 is 0. The number of rotatable bonds is 5. The van der Waals surface area contributed by atoms with Crippen LogP contribution in [0.4, 0.5) is 0 Å². The van der Waals surface area contributed by atoms with Gasteiger partial charge in [-0.3, -0.25) is 0 Å². The van der Waals surface area contributed by atoms with E-state index in [0.717, 1.165) is 12.1 Å². The molecule has 1 N–H and O–H groups in total. The van der Waals surface area contributed by atoms with Gasteiger partial charge in [0.05, 0.1) is 0 Å². The first-order valence-corrected chi connectivity index (χ1v) is 6.21. The van der Waals surface area contributed by atoms with Crippen molar-refractivity contribution in [3.8, 4) is 0 Å². The van der Waals surface area contributed by atoms with Gasteiger partial charge in [0.15, 0.2) is 0 Å². The van der Waals surface area contributed by atoms with E-state index < -0.39 is 0 Å². The molecular formula is C12H26N2. The zero-order valence-corrected chi connectivity index (χ0v) is 10.1. The Labute approximate surface area is 89.1 Å². The third-order valence-corrected chi connectivity index (χ3v) is 3.50. The van der Waals surface area contributed by atoms with Gasteiger partial charge < -0.3 is 10.2 Å². The molecule has 0 heterocycles. The van der Waals surface area contributed by atoms with Gasteiger partial charge in [-0.25, -0.2) is 0 Å². The molecule has 1 saturated carbocycles. The first-order chi connectivity index (χ1) is 6.77. The molecule has 0 aliphatic heterocycles. The van der Waals surface area contributed by atoms with Gasteiger partial charge in [0.2, 0.25) is 0 Å². The van der Waals surface area contributed by atoms with Crippen LogP contribution in [-0.4, -0.2) is 37.1 Å². The Bertz CT molecular complexity index is 139. The molecule has 1 aliphatic carbocycles. The lowest BCUT2D eigenvalue weighted by atomic mass is 9.90. The summed E-state index contributed by atoms with van der Waals surface area (Å²) in [5.41, 5.74) is 0. The normalized spacial score (nSPS) is 28.3. The van der Waals surface area contributed by atoms with Gasteiger partial charge in [-0.05, 0) is 52.2 Å². The Hall–Kier alpha value is -0.0800. The quantitative estimate of drug-likeness (QED) is 0.729. The van der Waals surface area contributed by atoms with E-state index in [4.69, 9.17) is 0 Å². The second-order valence-corrected chi connectivity index (χ2v) is 4.53. The summed E-state index contributed by atoms with van der Waals surface area (Å²) in [5, 5.41) is 3.63. The van der Waals surface area contributed by atoms with Gasteiger partial charge in [0.25, 0.3) is 0 Å². The lowest BCUT2D eigenvalue weighted by Crippen LogP contribution is -2.40. The summed E-state index contributed by atoms with van der Waals surface area (Å²) in [6.07, 6.45) is 6.76. The van der Waals surface area contributed by atoms with E-state index in [1.165, 1.54) is 45.2 Å². The van der Waals surface area contributed by atoms with Gasteiger partial charge in [-0.15, -0.1) is 0 Å². The van der Waals surface area contributed by atoms with Crippen LogP contribution in [0.1, 0.15) is 46.0 Å². The van der Waals surface area contributed by atoms with Gasteiger partial charge >= 0.3 is 0 Å². The Morgan fingerprint density at radius 1 is 1.14 bits per heavy atom. The molecule has 0 aromatic carbocycles. The van der Waals surface area contributed by atoms with E-state index in [1.54, 1.807) is 0 Å². The Balaban J connectivity index is 2.17. The average molecular weight is 198 g/mol. The monoisotopic (exact) mass is 198 g/mol. The van der Waals surface area contributed by atoms with E-state index in [1.807, 2.05) is 0 Å². The molecule has 0 radical (unpaired) electrons.